The first-order valence-corrected chi connectivity index (χ1v) is 11.3. The standard InChI is InChI=1S/C26H16N4O4S/c27-13-22-17(9-10-35-22)15-7-8-19-21(12-15)28-25(32)23(19)30-29-20-6-2-5-18(24(20)31)14-3-1-4-16(11-14)26(33)34/h1-12,29,31H,(H,33,34)(H,28,30,32). The fraction of sp³-hybridized carbons (Fsp3) is 0. The van der Waals surface area contributed by atoms with Crippen molar-refractivity contribution < 1.29 is 19.8 Å². The number of nitrogens with one attached hydrogen (secondary N) is 2. The molecular weight excluding hydrogens is 464 g/mol. The maximum absolute atomic E-state index is 12.6. The number of hydrogen-bond acceptors (Lipinski definition) is 7. The Bertz CT molecular complexity index is 1580. The Morgan fingerprint density at radius 3 is 2.60 bits per heavy atom. The van der Waals surface area contributed by atoms with Crippen LogP contribution in [0.1, 0.15) is 20.8 Å². The van der Waals surface area contributed by atoms with E-state index in [4.69, 9.17) is 0 Å². The molecule has 8 nitrogen and oxygen atoms in total. The number of carboxylic acids is 1. The van der Waals surface area contributed by atoms with Crippen LogP contribution in [0.25, 0.3) is 22.3 Å². The molecule has 0 radical (unpaired) electrons. The van der Waals surface area contributed by atoms with Crippen LogP contribution in [0.2, 0.25) is 0 Å². The van der Waals surface area contributed by atoms with Crippen LogP contribution in [0.5, 0.6) is 5.75 Å². The number of phenolic OH excluding ortho intramolecular Hbond substituents is 1. The Kier molecular flexibility index (Phi) is 5.49. The second kappa shape index (κ2) is 8.78. The Morgan fingerprint density at radius 1 is 1.00 bits per heavy atom. The van der Waals surface area contributed by atoms with Gasteiger partial charge in [-0.2, -0.15) is 10.4 Å². The zero-order valence-corrected chi connectivity index (χ0v) is 18.8. The number of carboxylic acid groups (broad SMARTS) is 1. The normalized spacial score (nSPS) is 13.2. The van der Waals surface area contributed by atoms with Crippen molar-refractivity contribution in [3.63, 3.8) is 0 Å². The smallest absolute Gasteiger partial charge is 0.335 e. The number of benzene rings is 3. The number of aromatic hydroxyl groups is 1. The van der Waals surface area contributed by atoms with E-state index in [0.717, 1.165) is 11.1 Å². The molecule has 1 amide bonds. The van der Waals surface area contributed by atoms with E-state index >= 15 is 0 Å². The van der Waals surface area contributed by atoms with Crippen LogP contribution in [0.3, 0.4) is 0 Å². The van der Waals surface area contributed by atoms with E-state index in [-0.39, 0.29) is 22.7 Å². The maximum atomic E-state index is 12.6. The van der Waals surface area contributed by atoms with Gasteiger partial charge >= 0.3 is 5.97 Å². The zero-order chi connectivity index (χ0) is 24.5. The highest BCUT2D eigenvalue weighted by Gasteiger charge is 2.27. The first-order valence-electron chi connectivity index (χ1n) is 10.4. The number of nitriles is 1. The number of hydrazone groups is 1. The molecule has 1 aliphatic rings. The molecule has 170 valence electrons. The number of rotatable bonds is 5. The zero-order valence-electron chi connectivity index (χ0n) is 17.9. The lowest BCUT2D eigenvalue weighted by Gasteiger charge is -2.10. The molecule has 0 unspecified atom stereocenters. The molecule has 0 saturated heterocycles. The minimum atomic E-state index is -1.07. The minimum Gasteiger partial charge on any atom is -0.505 e. The van der Waals surface area contributed by atoms with Crippen molar-refractivity contribution in [1.82, 2.24) is 0 Å². The Hall–Kier alpha value is -4.94. The number of aromatic carboxylic acids is 1. The molecule has 0 fully saturated rings. The summed E-state index contributed by atoms with van der Waals surface area (Å²) in [7, 11) is 0. The average Bonchev–Trinajstić information content (AvgIpc) is 3.46. The minimum absolute atomic E-state index is 0.100. The van der Waals surface area contributed by atoms with Crippen LogP contribution in [0.4, 0.5) is 11.4 Å². The Labute approximate surface area is 203 Å². The summed E-state index contributed by atoms with van der Waals surface area (Å²) in [5, 5.41) is 38.2. The third-order valence-electron chi connectivity index (χ3n) is 5.56. The predicted molar refractivity (Wildman–Crippen MR) is 134 cm³/mol. The number of anilines is 2. The number of fused-ring (bicyclic) bond motifs is 1. The molecule has 0 aliphatic carbocycles. The van der Waals surface area contributed by atoms with E-state index in [2.05, 4.69) is 21.9 Å². The molecule has 0 atom stereocenters. The van der Waals surface area contributed by atoms with Gasteiger partial charge < -0.3 is 15.5 Å². The highest BCUT2D eigenvalue weighted by molar-refractivity contribution is 7.11. The van der Waals surface area contributed by atoms with Gasteiger partial charge in [0.15, 0.2) is 5.71 Å². The van der Waals surface area contributed by atoms with E-state index in [1.807, 2.05) is 17.5 Å². The van der Waals surface area contributed by atoms with E-state index < -0.39 is 11.9 Å². The van der Waals surface area contributed by atoms with Crippen molar-refractivity contribution in [2.45, 2.75) is 0 Å². The maximum Gasteiger partial charge on any atom is 0.335 e. The van der Waals surface area contributed by atoms with Crippen molar-refractivity contribution in [2.24, 2.45) is 5.10 Å². The van der Waals surface area contributed by atoms with Crippen molar-refractivity contribution >= 4 is 40.3 Å². The largest absolute Gasteiger partial charge is 0.505 e. The fourth-order valence-corrected chi connectivity index (χ4v) is 4.57. The van der Waals surface area contributed by atoms with Crippen LogP contribution < -0.4 is 10.7 Å². The Morgan fingerprint density at radius 2 is 1.80 bits per heavy atom. The van der Waals surface area contributed by atoms with Gasteiger partial charge in [0.2, 0.25) is 0 Å². The molecule has 0 saturated carbocycles. The summed E-state index contributed by atoms with van der Waals surface area (Å²) in [6, 6.07) is 20.6. The van der Waals surface area contributed by atoms with Crippen molar-refractivity contribution in [3.05, 3.63) is 88.1 Å². The summed E-state index contributed by atoms with van der Waals surface area (Å²) in [6.07, 6.45) is 0. The third kappa shape index (κ3) is 3.99. The van der Waals surface area contributed by atoms with Gasteiger partial charge in [-0.25, -0.2) is 4.79 Å². The number of thiophene rings is 1. The quantitative estimate of drug-likeness (QED) is 0.231. The number of hydrogen-bond donors (Lipinski definition) is 4. The van der Waals surface area contributed by atoms with E-state index in [0.29, 0.717) is 27.3 Å². The average molecular weight is 481 g/mol. The third-order valence-corrected chi connectivity index (χ3v) is 6.38. The number of amides is 1. The number of carbonyl (C=O) groups is 2. The molecule has 4 N–H and O–H groups in total. The molecule has 35 heavy (non-hydrogen) atoms. The van der Waals surface area contributed by atoms with E-state index in [1.165, 1.54) is 23.5 Å². The molecule has 1 aromatic heterocycles. The Balaban J connectivity index is 1.45. The highest BCUT2D eigenvalue weighted by atomic mass is 32.1. The van der Waals surface area contributed by atoms with E-state index in [1.54, 1.807) is 42.5 Å². The van der Waals surface area contributed by atoms with Gasteiger partial charge in [-0.15, -0.1) is 11.3 Å². The van der Waals surface area contributed by atoms with Crippen molar-refractivity contribution in [3.8, 4) is 34.1 Å². The van der Waals surface area contributed by atoms with Crippen molar-refractivity contribution in [2.75, 3.05) is 10.7 Å². The first kappa shape index (κ1) is 21.9. The summed E-state index contributed by atoms with van der Waals surface area (Å²) in [5.41, 5.74) is 6.98. The predicted octanol–water partition coefficient (Wildman–Crippen LogP) is 5.13. The number of carbonyl (C=O) groups excluding carboxylic acids is 1. The van der Waals surface area contributed by atoms with Crippen LogP contribution in [0, 0.1) is 11.3 Å². The van der Waals surface area contributed by atoms with Gasteiger partial charge in [0, 0.05) is 16.7 Å². The molecule has 1 aliphatic heterocycles. The van der Waals surface area contributed by atoms with Gasteiger partial charge in [-0.05, 0) is 52.9 Å². The van der Waals surface area contributed by atoms with Gasteiger partial charge in [0.25, 0.3) is 5.91 Å². The molecule has 0 bridgehead atoms. The summed E-state index contributed by atoms with van der Waals surface area (Å²) < 4.78 is 0. The number of nitrogens with zero attached hydrogens (tertiary/aromatic N) is 2. The summed E-state index contributed by atoms with van der Waals surface area (Å²) in [4.78, 5) is 24.5. The molecule has 9 heteroatoms. The second-order valence-electron chi connectivity index (χ2n) is 7.65. The molecule has 0 spiro atoms. The number of para-hydroxylation sites is 1. The molecule has 3 aromatic carbocycles. The van der Waals surface area contributed by atoms with Crippen LogP contribution in [-0.4, -0.2) is 27.8 Å². The fourth-order valence-electron chi connectivity index (χ4n) is 3.86. The van der Waals surface area contributed by atoms with Gasteiger partial charge in [0.05, 0.1) is 16.9 Å². The first-order chi connectivity index (χ1) is 17.0. The molecule has 5 rings (SSSR count). The number of phenols is 1. The van der Waals surface area contributed by atoms with Crippen molar-refractivity contribution in [1.29, 1.82) is 5.26 Å². The monoisotopic (exact) mass is 480 g/mol. The van der Waals surface area contributed by atoms with Gasteiger partial charge in [-0.1, -0.05) is 30.3 Å². The molecule has 2 heterocycles. The topological polar surface area (TPSA) is 135 Å². The highest BCUT2D eigenvalue weighted by Crippen LogP contribution is 2.37. The molecule has 4 aromatic rings. The van der Waals surface area contributed by atoms with Crippen LogP contribution >= 0.6 is 11.3 Å². The van der Waals surface area contributed by atoms with E-state index in [9.17, 15) is 25.1 Å². The summed E-state index contributed by atoms with van der Waals surface area (Å²) in [5.74, 6) is -1.60. The van der Waals surface area contributed by atoms with Gasteiger partial charge in [-0.3, -0.25) is 10.2 Å². The van der Waals surface area contributed by atoms with Gasteiger partial charge in [0.1, 0.15) is 16.7 Å². The lowest BCUT2D eigenvalue weighted by Crippen LogP contribution is -2.15. The SMILES string of the molecule is N#Cc1sccc1-c1ccc2c(c1)NC(=O)C2=NNc1cccc(-c2cccc(C(=O)O)c2)c1O. The van der Waals surface area contributed by atoms with Crippen LogP contribution in [-0.2, 0) is 4.79 Å². The molecular formula is C26H16N4O4S. The second-order valence-corrected chi connectivity index (χ2v) is 8.57. The lowest BCUT2D eigenvalue weighted by atomic mass is 10.0. The van der Waals surface area contributed by atoms with Crippen LogP contribution in [0.15, 0.2) is 77.2 Å². The lowest BCUT2D eigenvalue weighted by molar-refractivity contribution is -0.110. The summed E-state index contributed by atoms with van der Waals surface area (Å²) in [6.45, 7) is 0. The summed E-state index contributed by atoms with van der Waals surface area (Å²) >= 11 is 1.35.